The Hall–Kier alpha value is -17.4. The normalized spacial score (nSPS) is 12.7. The van der Waals surface area contributed by atoms with Gasteiger partial charge in [0.05, 0.1) is 108 Å². The molecule has 0 N–H and O–H groups in total. The first-order valence-electron chi connectivity index (χ1n) is 45.9. The number of nitrogens with zero attached hydrogens (tertiary/aromatic N) is 9. The molecule has 9 nitrogen and oxygen atoms in total. The van der Waals surface area contributed by atoms with Crippen molar-refractivity contribution in [2.45, 2.75) is 0 Å². The molecule has 27 rings (SSSR count). The molecule has 6 heterocycles. The van der Waals surface area contributed by atoms with E-state index in [4.69, 9.17) is 36.8 Å². The van der Waals surface area contributed by atoms with Crippen molar-refractivity contribution in [3.05, 3.63) is 455 Å². The summed E-state index contributed by atoms with van der Waals surface area (Å²) in [5, 5.41) is 14.6. The number of aromatic nitrogens is 6. The molecule has 24 aromatic rings. The summed E-state index contributed by atoms with van der Waals surface area (Å²) in [6, 6.07) is 147. The highest BCUT2D eigenvalue weighted by atomic mass is 15.2. The summed E-state index contributed by atoms with van der Waals surface area (Å²) in [5.74, 6) is 0. The zero-order chi connectivity index (χ0) is 89.3. The molecular formula is C120H75N9. The van der Waals surface area contributed by atoms with E-state index in [9.17, 15) is 0 Å². The maximum atomic E-state index is 8.64. The molecule has 0 fully saturated rings. The zero-order valence-corrected chi connectivity index (χ0v) is 69.4. The van der Waals surface area contributed by atoms with Crippen LogP contribution in [0, 0.1) is 0 Å². The lowest BCUT2D eigenvalue weighted by molar-refractivity contribution is 1.27. The third kappa shape index (κ3) is 12.6. The average molecular weight is 1650 g/mol. The Kier molecular flexibility index (Phi) is 16.5. The molecule has 3 aliphatic rings. The van der Waals surface area contributed by atoms with Crippen LogP contribution in [0.5, 0.6) is 0 Å². The van der Waals surface area contributed by atoms with E-state index >= 15 is 0 Å². The molecule has 0 atom stereocenters. The van der Waals surface area contributed by atoms with Crippen molar-refractivity contribution in [1.29, 1.82) is 0 Å². The summed E-state index contributed by atoms with van der Waals surface area (Å²) >= 11 is 0. The molecule has 3 aliphatic heterocycles. The van der Waals surface area contributed by atoms with Gasteiger partial charge in [-0.05, 0) is 180 Å². The molecule has 0 saturated heterocycles. The van der Waals surface area contributed by atoms with Crippen LogP contribution in [-0.2, 0) is 0 Å². The summed E-state index contributed by atoms with van der Waals surface area (Å²) in [6.45, 7) is 0. The summed E-state index contributed by atoms with van der Waals surface area (Å²) in [5.41, 5.74) is 31.5. The lowest BCUT2D eigenvalue weighted by Crippen LogP contribution is -2.14. The van der Waals surface area contributed by atoms with Crippen LogP contribution in [0.3, 0.4) is 0 Å². The van der Waals surface area contributed by atoms with E-state index in [1.54, 1.807) is 6.07 Å². The fourth-order valence-electron chi connectivity index (χ4n) is 19.6. The Balaban J connectivity index is 0.000000108. The Morgan fingerprint density at radius 1 is 0.171 bits per heavy atom. The van der Waals surface area contributed by atoms with Gasteiger partial charge in [0.1, 0.15) is 0 Å². The highest BCUT2D eigenvalue weighted by molar-refractivity contribution is 6.19. The molecule has 0 bridgehead atoms. The Labute approximate surface area is 751 Å². The van der Waals surface area contributed by atoms with E-state index in [1.807, 2.05) is 97.1 Å². The second-order valence-electron chi connectivity index (χ2n) is 32.7. The smallest absolute Gasteiger partial charge is 0.0979 e. The summed E-state index contributed by atoms with van der Waals surface area (Å²) in [4.78, 5) is 37.7. The Morgan fingerprint density at radius 2 is 0.442 bits per heavy atom. The van der Waals surface area contributed by atoms with E-state index in [-0.39, 0.29) is 23.3 Å². The number of rotatable bonds is 9. The average Bonchev–Trinajstić information content (AvgIpc) is 0.736. The minimum atomic E-state index is -0.443. The number of benzene rings is 21. The van der Waals surface area contributed by atoms with Gasteiger partial charge in [-0.15, -0.1) is 0 Å². The largest absolute Gasteiger partial charge is 0.309 e. The molecule has 0 amide bonds. The van der Waals surface area contributed by atoms with E-state index in [0.717, 1.165) is 107 Å². The fraction of sp³-hybridized carbons (Fsp3) is 0. The number of hydrogen-bond donors (Lipinski definition) is 0. The number of anilines is 9. The monoisotopic (exact) mass is 1650 g/mol. The topological polar surface area (TPSA) is 87.1 Å². The van der Waals surface area contributed by atoms with Gasteiger partial charge < -0.3 is 14.7 Å². The van der Waals surface area contributed by atoms with Gasteiger partial charge in [-0.2, -0.15) is 0 Å². The quantitative estimate of drug-likeness (QED) is 0.131. The van der Waals surface area contributed by atoms with Gasteiger partial charge in [-0.3, -0.25) is 0 Å². The van der Waals surface area contributed by atoms with Crippen molar-refractivity contribution in [3.8, 4) is 101 Å². The van der Waals surface area contributed by atoms with Crippen molar-refractivity contribution < 1.29 is 6.85 Å². The first-order valence-corrected chi connectivity index (χ1v) is 43.4. The number of para-hydroxylation sites is 9. The van der Waals surface area contributed by atoms with Crippen LogP contribution in [0.25, 0.3) is 199 Å². The SMILES string of the molecule is [2H]c1c([2H])c([2H])c(-c2nc3ccccc3nc2-c2ccc(N3c4ccccc4-c4cccc5cccc3c45)cc2)c([2H])c1[2H].c1ccc2c(c1)-c1cccc3cccc(c13)N2c1ccc(-c2nc3ccccc3nc2-c2cc3ccccc3c3ccccc23)cc1.c1ccc2c(c1)-c1cccc3cccc(c13)N2c1ccc(-c2nc3ccccc3nc2-c2cccc3ccccc23)cc1. The third-order valence-corrected chi connectivity index (χ3v) is 25.4. The van der Waals surface area contributed by atoms with Crippen molar-refractivity contribution in [1.82, 2.24) is 29.9 Å². The Morgan fingerprint density at radius 3 is 0.853 bits per heavy atom. The van der Waals surface area contributed by atoms with Gasteiger partial charge in [-0.1, -0.05) is 340 Å². The van der Waals surface area contributed by atoms with Crippen molar-refractivity contribution in [3.63, 3.8) is 0 Å². The van der Waals surface area contributed by atoms with E-state index in [0.29, 0.717) is 16.7 Å². The van der Waals surface area contributed by atoms with Crippen molar-refractivity contribution in [2.75, 3.05) is 14.7 Å². The maximum Gasteiger partial charge on any atom is 0.0979 e. The lowest BCUT2D eigenvalue weighted by Gasteiger charge is -2.33. The summed E-state index contributed by atoms with van der Waals surface area (Å²) in [7, 11) is 0. The molecule has 129 heavy (non-hydrogen) atoms. The standard InChI is InChI=1S/C44H27N3.C40H25N3.C36H23N3/c1-2-14-32-30(11-1)27-37(34-16-4-3-15-33(32)34)44-43(45-38-19-6-7-20-39(38)46-44)29-23-25-31(26-24-29)47-40-21-8-5-17-35(40)36-18-9-12-28-13-10-22-41(47)42(28)36;1-2-14-30-26(10-1)11-7-17-33(30)40-39(41-34-18-4-5-19-35(34)42-40)28-22-24-29(25-23-28)43-36-20-6-3-15-31(36)32-16-8-12-27-13-9-21-37(43)38(27)32;1-2-10-25(11-3-1)35-36(38-31-17-6-5-16-30(31)37-35)26-20-22-27(23-21-26)39-32-18-7-4-14-28(32)29-15-8-12-24-13-9-19-33(39)34(24)29/h1-27H;1-25H;1-23H/i;;1D,2D,3D,10D,11D. The minimum absolute atomic E-state index is 0.0292. The van der Waals surface area contributed by atoms with Crippen LogP contribution in [0.1, 0.15) is 6.85 Å². The van der Waals surface area contributed by atoms with Crippen LogP contribution in [0.4, 0.5) is 51.2 Å². The van der Waals surface area contributed by atoms with E-state index in [2.05, 4.69) is 336 Å². The highest BCUT2D eigenvalue weighted by Gasteiger charge is 2.31. The van der Waals surface area contributed by atoms with Crippen LogP contribution >= 0.6 is 0 Å². The van der Waals surface area contributed by atoms with Gasteiger partial charge in [0.15, 0.2) is 0 Å². The molecule has 21 aromatic carbocycles. The van der Waals surface area contributed by atoms with Crippen molar-refractivity contribution in [2.24, 2.45) is 0 Å². The van der Waals surface area contributed by atoms with Gasteiger partial charge >= 0.3 is 0 Å². The van der Waals surface area contributed by atoms with E-state index < -0.39 is 18.1 Å². The molecule has 0 unspecified atom stereocenters. The minimum Gasteiger partial charge on any atom is -0.309 e. The number of fused-ring (bicyclic) bond motifs is 13. The first-order chi connectivity index (χ1) is 66.1. The van der Waals surface area contributed by atoms with Gasteiger partial charge in [0.2, 0.25) is 0 Å². The first kappa shape index (κ1) is 69.1. The predicted molar refractivity (Wildman–Crippen MR) is 537 cm³/mol. The second-order valence-corrected chi connectivity index (χ2v) is 32.7. The fourth-order valence-corrected chi connectivity index (χ4v) is 19.6. The number of hydrogen-bond acceptors (Lipinski definition) is 9. The molecule has 3 aromatic heterocycles. The van der Waals surface area contributed by atoms with Gasteiger partial charge in [0, 0.05) is 83.3 Å². The molecule has 0 saturated carbocycles. The van der Waals surface area contributed by atoms with Crippen molar-refractivity contribution >= 4 is 149 Å². The van der Waals surface area contributed by atoms with E-state index in [1.165, 1.54) is 115 Å². The van der Waals surface area contributed by atoms with Gasteiger partial charge in [0.25, 0.3) is 0 Å². The zero-order valence-electron chi connectivity index (χ0n) is 74.4. The summed E-state index contributed by atoms with van der Waals surface area (Å²) < 4.78 is 41.9. The molecule has 0 aliphatic carbocycles. The molecule has 600 valence electrons. The van der Waals surface area contributed by atoms with Crippen LogP contribution in [0.2, 0.25) is 0 Å². The highest BCUT2D eigenvalue weighted by Crippen LogP contribution is 2.56. The lowest BCUT2D eigenvalue weighted by atomic mass is 9.91. The van der Waals surface area contributed by atoms with Crippen LogP contribution in [0.15, 0.2) is 455 Å². The van der Waals surface area contributed by atoms with Gasteiger partial charge in [-0.25, -0.2) is 29.9 Å². The predicted octanol–water partition coefficient (Wildman–Crippen LogP) is 32.2. The van der Waals surface area contributed by atoms with Crippen LogP contribution < -0.4 is 14.7 Å². The molecule has 0 spiro atoms. The second kappa shape index (κ2) is 30.8. The maximum absolute atomic E-state index is 8.64. The third-order valence-electron chi connectivity index (χ3n) is 25.4. The molecule has 9 heteroatoms. The van der Waals surface area contributed by atoms with Crippen LogP contribution in [-0.4, -0.2) is 29.9 Å². The molecular weight excluding hydrogens is 1570 g/mol. The molecule has 0 radical (unpaired) electrons. The summed E-state index contributed by atoms with van der Waals surface area (Å²) in [6.07, 6.45) is 0. The Bertz CT molecular complexity index is 8950.